The van der Waals surface area contributed by atoms with E-state index in [4.69, 9.17) is 0 Å². The lowest BCUT2D eigenvalue weighted by atomic mass is 9.87. The third kappa shape index (κ3) is 0.798. The van der Waals surface area contributed by atoms with Gasteiger partial charge in [0.25, 0.3) is 0 Å². The van der Waals surface area contributed by atoms with Crippen LogP contribution in [-0.4, -0.2) is 0 Å². The highest BCUT2D eigenvalue weighted by Crippen LogP contribution is 2.66. The molecule has 0 spiro atoms. The van der Waals surface area contributed by atoms with Crippen molar-refractivity contribution in [2.24, 2.45) is 16.7 Å². The molecule has 1 aliphatic carbocycles. The van der Waals surface area contributed by atoms with E-state index in [2.05, 4.69) is 34.6 Å². The molecular formula is C9H18. The van der Waals surface area contributed by atoms with Crippen LogP contribution in [0.4, 0.5) is 0 Å². The molecule has 0 bridgehead atoms. The van der Waals surface area contributed by atoms with Gasteiger partial charge in [0.15, 0.2) is 0 Å². The lowest BCUT2D eigenvalue weighted by Crippen LogP contribution is -2.11. The zero-order valence-electron chi connectivity index (χ0n) is 7.28. The predicted octanol–water partition coefficient (Wildman–Crippen LogP) is 3.08. The Balaban J connectivity index is 2.63. The first-order valence-corrected chi connectivity index (χ1v) is 3.90. The molecule has 0 amide bonds. The molecule has 1 unspecified atom stereocenters. The van der Waals surface area contributed by atoms with Crippen LogP contribution in [0.2, 0.25) is 0 Å². The molecule has 0 heterocycles. The Morgan fingerprint density at radius 2 is 1.44 bits per heavy atom. The first-order chi connectivity index (χ1) is 3.90. The fourth-order valence-corrected chi connectivity index (χ4v) is 1.86. The third-order valence-corrected chi connectivity index (χ3v) is 3.50. The van der Waals surface area contributed by atoms with Crippen LogP contribution in [0.3, 0.4) is 0 Å². The minimum Gasteiger partial charge on any atom is -0.0622 e. The van der Waals surface area contributed by atoms with Gasteiger partial charge in [0.05, 0.1) is 0 Å². The van der Waals surface area contributed by atoms with Crippen molar-refractivity contribution in [3.63, 3.8) is 0 Å². The van der Waals surface area contributed by atoms with Crippen molar-refractivity contribution in [1.29, 1.82) is 0 Å². The molecule has 0 radical (unpaired) electrons. The van der Waals surface area contributed by atoms with Crippen molar-refractivity contribution in [3.8, 4) is 0 Å². The van der Waals surface area contributed by atoms with Gasteiger partial charge in [0.2, 0.25) is 0 Å². The van der Waals surface area contributed by atoms with Crippen LogP contribution < -0.4 is 0 Å². The van der Waals surface area contributed by atoms with Gasteiger partial charge in [-0.1, -0.05) is 34.6 Å². The molecule has 0 N–H and O–H groups in total. The van der Waals surface area contributed by atoms with Gasteiger partial charge in [0.1, 0.15) is 0 Å². The topological polar surface area (TPSA) is 0 Å². The fourth-order valence-electron chi connectivity index (χ4n) is 1.86. The normalized spacial score (nSPS) is 39.3. The molecular weight excluding hydrogens is 108 g/mol. The van der Waals surface area contributed by atoms with Crippen molar-refractivity contribution >= 4 is 0 Å². The van der Waals surface area contributed by atoms with Gasteiger partial charge in [-0.25, -0.2) is 0 Å². The quantitative estimate of drug-likeness (QED) is 0.506. The maximum absolute atomic E-state index is 2.40. The molecule has 1 rings (SSSR count). The summed E-state index contributed by atoms with van der Waals surface area (Å²) in [7, 11) is 0. The molecule has 1 atom stereocenters. The third-order valence-electron chi connectivity index (χ3n) is 3.50. The molecule has 0 aromatic heterocycles. The van der Waals surface area contributed by atoms with E-state index < -0.39 is 0 Å². The smallest absolute Gasteiger partial charge is 0.0246 e. The Morgan fingerprint density at radius 1 is 1.11 bits per heavy atom. The average molecular weight is 126 g/mol. The number of hydrogen-bond acceptors (Lipinski definition) is 0. The monoisotopic (exact) mass is 126 g/mol. The van der Waals surface area contributed by atoms with Gasteiger partial charge in [-0.3, -0.25) is 0 Å². The highest BCUT2D eigenvalue weighted by molar-refractivity contribution is 5.07. The van der Waals surface area contributed by atoms with Crippen LogP contribution >= 0.6 is 0 Å². The Kier molecular flexibility index (Phi) is 1.21. The molecule has 0 nitrogen and oxygen atoms in total. The van der Waals surface area contributed by atoms with Crippen molar-refractivity contribution in [3.05, 3.63) is 0 Å². The van der Waals surface area contributed by atoms with E-state index >= 15 is 0 Å². The van der Waals surface area contributed by atoms with E-state index in [0.717, 1.165) is 5.92 Å². The summed E-state index contributed by atoms with van der Waals surface area (Å²) in [6, 6.07) is 0. The molecule has 1 saturated carbocycles. The van der Waals surface area contributed by atoms with Gasteiger partial charge >= 0.3 is 0 Å². The van der Waals surface area contributed by atoms with Gasteiger partial charge in [0, 0.05) is 0 Å². The van der Waals surface area contributed by atoms with Gasteiger partial charge in [-0.2, -0.15) is 0 Å². The zero-order valence-corrected chi connectivity index (χ0v) is 7.28. The minimum atomic E-state index is 0.626. The lowest BCUT2D eigenvalue weighted by molar-refractivity contribution is 0.309. The van der Waals surface area contributed by atoms with Crippen LogP contribution in [0, 0.1) is 16.7 Å². The largest absolute Gasteiger partial charge is 0.0622 e. The molecule has 0 aromatic carbocycles. The zero-order chi connectivity index (χ0) is 7.28. The molecule has 1 fully saturated rings. The second-order valence-corrected chi connectivity index (χ2v) is 4.63. The SMILES string of the molecule is CC(C)C1(C)CC1(C)C. The van der Waals surface area contributed by atoms with Crippen LogP contribution in [0.5, 0.6) is 0 Å². The molecule has 0 heteroatoms. The van der Waals surface area contributed by atoms with Crippen molar-refractivity contribution in [2.45, 2.75) is 41.0 Å². The number of hydrogen-bond donors (Lipinski definition) is 0. The van der Waals surface area contributed by atoms with E-state index in [-0.39, 0.29) is 0 Å². The van der Waals surface area contributed by atoms with Crippen molar-refractivity contribution < 1.29 is 0 Å². The van der Waals surface area contributed by atoms with Crippen molar-refractivity contribution in [1.82, 2.24) is 0 Å². The maximum atomic E-state index is 2.40. The predicted molar refractivity (Wildman–Crippen MR) is 41.3 cm³/mol. The van der Waals surface area contributed by atoms with E-state index in [9.17, 15) is 0 Å². The maximum Gasteiger partial charge on any atom is -0.0246 e. The second-order valence-electron chi connectivity index (χ2n) is 4.63. The molecule has 0 aliphatic heterocycles. The summed E-state index contributed by atoms with van der Waals surface area (Å²) < 4.78 is 0. The summed E-state index contributed by atoms with van der Waals surface area (Å²) in [6.45, 7) is 11.8. The molecule has 1 aliphatic rings. The van der Waals surface area contributed by atoms with Gasteiger partial charge in [-0.15, -0.1) is 0 Å². The highest BCUT2D eigenvalue weighted by Gasteiger charge is 2.58. The fraction of sp³-hybridized carbons (Fsp3) is 1.00. The van der Waals surface area contributed by atoms with E-state index in [1.165, 1.54) is 6.42 Å². The van der Waals surface area contributed by atoms with Gasteiger partial charge < -0.3 is 0 Å². The van der Waals surface area contributed by atoms with Crippen molar-refractivity contribution in [2.75, 3.05) is 0 Å². The average Bonchev–Trinajstić information content (AvgIpc) is 2.08. The summed E-state index contributed by atoms with van der Waals surface area (Å²) >= 11 is 0. The Labute approximate surface area is 58.7 Å². The summed E-state index contributed by atoms with van der Waals surface area (Å²) in [4.78, 5) is 0. The van der Waals surface area contributed by atoms with E-state index in [1.54, 1.807) is 0 Å². The molecule has 0 aromatic rings. The standard InChI is InChI=1S/C9H18/c1-7(2)9(5)6-8(9,3)4/h7H,6H2,1-5H3. The summed E-state index contributed by atoms with van der Waals surface area (Å²) in [5.74, 6) is 0.854. The summed E-state index contributed by atoms with van der Waals surface area (Å²) in [5, 5.41) is 0. The Bertz CT molecular complexity index is 122. The summed E-state index contributed by atoms with van der Waals surface area (Å²) in [5.41, 5.74) is 1.27. The minimum absolute atomic E-state index is 0.626. The molecule has 9 heavy (non-hydrogen) atoms. The lowest BCUT2D eigenvalue weighted by Gasteiger charge is -2.18. The van der Waals surface area contributed by atoms with E-state index in [0.29, 0.717) is 10.8 Å². The van der Waals surface area contributed by atoms with Crippen LogP contribution in [0.25, 0.3) is 0 Å². The van der Waals surface area contributed by atoms with E-state index in [1.807, 2.05) is 0 Å². The van der Waals surface area contributed by atoms with Crippen LogP contribution in [0.1, 0.15) is 41.0 Å². The first-order valence-electron chi connectivity index (χ1n) is 3.90. The Morgan fingerprint density at radius 3 is 1.44 bits per heavy atom. The summed E-state index contributed by atoms with van der Waals surface area (Å²) in [6.07, 6.45) is 1.41. The number of rotatable bonds is 1. The Hall–Kier alpha value is 0. The highest BCUT2D eigenvalue weighted by atomic mass is 14.6. The van der Waals surface area contributed by atoms with Crippen LogP contribution in [-0.2, 0) is 0 Å². The molecule has 54 valence electrons. The van der Waals surface area contributed by atoms with Gasteiger partial charge in [-0.05, 0) is 23.2 Å². The first kappa shape index (κ1) is 7.11. The molecule has 0 saturated heterocycles. The second kappa shape index (κ2) is 1.53. The van der Waals surface area contributed by atoms with Crippen LogP contribution in [0.15, 0.2) is 0 Å².